The number of carbonyl (C=O) groups is 1. The van der Waals surface area contributed by atoms with E-state index in [9.17, 15) is 4.79 Å². The Morgan fingerprint density at radius 1 is 1.24 bits per heavy atom. The summed E-state index contributed by atoms with van der Waals surface area (Å²) in [6.45, 7) is 5.74. The average Bonchev–Trinajstić information content (AvgIpc) is 2.55. The Balaban J connectivity index is 1.64. The Hall–Kier alpha value is -1.55. The highest BCUT2D eigenvalue weighted by molar-refractivity contribution is 5.67. The topological polar surface area (TPSA) is 32.8 Å². The predicted octanol–water partition coefficient (Wildman–Crippen LogP) is 2.84. The summed E-state index contributed by atoms with van der Waals surface area (Å²) in [5, 5.41) is 0. The highest BCUT2D eigenvalue weighted by Gasteiger charge is 2.29. The maximum atomic E-state index is 11.8. The first-order chi connectivity index (χ1) is 10.3. The Morgan fingerprint density at radius 3 is 2.76 bits per heavy atom. The third-order valence-corrected chi connectivity index (χ3v) is 4.62. The third-order valence-electron chi connectivity index (χ3n) is 4.62. The van der Waals surface area contributed by atoms with E-state index in [0.29, 0.717) is 12.6 Å². The fourth-order valence-electron chi connectivity index (χ4n) is 3.54. The number of nitrogens with zero attached hydrogens (tertiary/aromatic N) is 2. The van der Waals surface area contributed by atoms with Crippen molar-refractivity contribution in [3.8, 4) is 0 Å². The molecule has 0 N–H and O–H groups in total. The van der Waals surface area contributed by atoms with E-state index in [-0.39, 0.29) is 6.09 Å². The summed E-state index contributed by atoms with van der Waals surface area (Å²) in [7, 11) is 0. The summed E-state index contributed by atoms with van der Waals surface area (Å²) in [6, 6.07) is 9.35. The Labute approximate surface area is 126 Å². The first kappa shape index (κ1) is 14.4. The summed E-state index contributed by atoms with van der Waals surface area (Å²) in [5.74, 6) is 0. The summed E-state index contributed by atoms with van der Waals surface area (Å²) < 4.78 is 5.09. The number of hydrogen-bond acceptors (Lipinski definition) is 3. The molecule has 0 spiro atoms. The van der Waals surface area contributed by atoms with Crippen molar-refractivity contribution in [2.45, 2.75) is 32.2 Å². The zero-order valence-corrected chi connectivity index (χ0v) is 12.8. The molecular formula is C17H24N2O2. The van der Waals surface area contributed by atoms with Gasteiger partial charge in [0.1, 0.15) is 0 Å². The van der Waals surface area contributed by atoms with Crippen molar-refractivity contribution in [3.63, 3.8) is 0 Å². The minimum Gasteiger partial charge on any atom is -0.450 e. The van der Waals surface area contributed by atoms with Crippen molar-refractivity contribution < 1.29 is 9.53 Å². The van der Waals surface area contributed by atoms with Gasteiger partial charge in [-0.05, 0) is 37.3 Å². The van der Waals surface area contributed by atoms with Crippen molar-refractivity contribution in [2.75, 3.05) is 32.8 Å². The SMILES string of the molecule is CCOC(=O)N1CCN(C2CCCc3ccccc32)CC1. The molecule has 4 heteroatoms. The van der Waals surface area contributed by atoms with Crippen molar-refractivity contribution in [3.05, 3.63) is 35.4 Å². The van der Waals surface area contributed by atoms with Crippen molar-refractivity contribution in [2.24, 2.45) is 0 Å². The number of amides is 1. The number of rotatable bonds is 2. The molecule has 1 atom stereocenters. The van der Waals surface area contributed by atoms with Crippen LogP contribution >= 0.6 is 0 Å². The fraction of sp³-hybridized carbons (Fsp3) is 0.588. The highest BCUT2D eigenvalue weighted by Crippen LogP contribution is 2.34. The molecule has 0 aromatic heterocycles. The van der Waals surface area contributed by atoms with Gasteiger partial charge in [-0.1, -0.05) is 24.3 Å². The molecule has 1 fully saturated rings. The van der Waals surface area contributed by atoms with Crippen LogP contribution in [0.3, 0.4) is 0 Å². The molecule has 1 aliphatic carbocycles. The van der Waals surface area contributed by atoms with Crippen LogP contribution in [0.2, 0.25) is 0 Å². The van der Waals surface area contributed by atoms with E-state index in [4.69, 9.17) is 4.74 Å². The van der Waals surface area contributed by atoms with E-state index in [2.05, 4.69) is 29.2 Å². The van der Waals surface area contributed by atoms with Gasteiger partial charge in [-0.25, -0.2) is 4.79 Å². The molecular weight excluding hydrogens is 264 g/mol. The molecule has 0 radical (unpaired) electrons. The lowest BCUT2D eigenvalue weighted by atomic mass is 9.86. The molecule has 1 unspecified atom stereocenters. The monoisotopic (exact) mass is 288 g/mol. The number of piperazine rings is 1. The molecule has 114 valence electrons. The lowest BCUT2D eigenvalue weighted by Gasteiger charge is -2.41. The quantitative estimate of drug-likeness (QED) is 0.839. The van der Waals surface area contributed by atoms with Gasteiger partial charge < -0.3 is 9.64 Å². The van der Waals surface area contributed by atoms with E-state index < -0.39 is 0 Å². The van der Waals surface area contributed by atoms with Gasteiger partial charge in [-0.2, -0.15) is 0 Å². The minimum atomic E-state index is -0.166. The summed E-state index contributed by atoms with van der Waals surface area (Å²) in [5.41, 5.74) is 3.00. The van der Waals surface area contributed by atoms with Crippen molar-refractivity contribution in [1.82, 2.24) is 9.80 Å². The van der Waals surface area contributed by atoms with E-state index in [1.165, 1.54) is 30.4 Å². The first-order valence-corrected chi connectivity index (χ1v) is 8.03. The molecule has 1 heterocycles. The van der Waals surface area contributed by atoms with Crippen LogP contribution in [-0.2, 0) is 11.2 Å². The fourth-order valence-corrected chi connectivity index (χ4v) is 3.54. The Morgan fingerprint density at radius 2 is 2.00 bits per heavy atom. The van der Waals surface area contributed by atoms with Crippen LogP contribution < -0.4 is 0 Å². The van der Waals surface area contributed by atoms with Gasteiger partial charge in [0.05, 0.1) is 6.61 Å². The lowest BCUT2D eigenvalue weighted by molar-refractivity contribution is 0.0624. The predicted molar refractivity (Wildman–Crippen MR) is 82.3 cm³/mol. The minimum absolute atomic E-state index is 0.166. The molecule has 4 nitrogen and oxygen atoms in total. The second-order valence-electron chi connectivity index (χ2n) is 5.83. The van der Waals surface area contributed by atoms with Crippen molar-refractivity contribution >= 4 is 6.09 Å². The smallest absolute Gasteiger partial charge is 0.409 e. The van der Waals surface area contributed by atoms with Crippen LogP contribution in [0.4, 0.5) is 4.79 Å². The molecule has 2 aliphatic rings. The zero-order valence-electron chi connectivity index (χ0n) is 12.8. The Bertz CT molecular complexity index is 495. The molecule has 0 saturated carbocycles. The molecule has 1 aromatic carbocycles. The van der Waals surface area contributed by atoms with Gasteiger partial charge in [-0.3, -0.25) is 4.90 Å². The number of aryl methyl sites for hydroxylation is 1. The van der Waals surface area contributed by atoms with Gasteiger partial charge >= 0.3 is 6.09 Å². The zero-order chi connectivity index (χ0) is 14.7. The van der Waals surface area contributed by atoms with Crippen LogP contribution in [0.1, 0.15) is 36.9 Å². The lowest BCUT2D eigenvalue weighted by Crippen LogP contribution is -2.50. The second-order valence-corrected chi connectivity index (χ2v) is 5.83. The molecule has 3 rings (SSSR count). The van der Waals surface area contributed by atoms with Gasteiger partial charge in [-0.15, -0.1) is 0 Å². The number of fused-ring (bicyclic) bond motifs is 1. The van der Waals surface area contributed by atoms with Gasteiger partial charge in [0, 0.05) is 32.2 Å². The molecule has 1 aromatic rings. The summed E-state index contributed by atoms with van der Waals surface area (Å²) in [4.78, 5) is 16.1. The average molecular weight is 288 g/mol. The summed E-state index contributed by atoms with van der Waals surface area (Å²) in [6.07, 6.45) is 3.53. The van der Waals surface area contributed by atoms with Gasteiger partial charge in [0.25, 0.3) is 0 Å². The van der Waals surface area contributed by atoms with E-state index in [1.54, 1.807) is 0 Å². The number of benzene rings is 1. The molecule has 1 aliphatic heterocycles. The van der Waals surface area contributed by atoms with Gasteiger partial charge in [0.2, 0.25) is 0 Å². The highest BCUT2D eigenvalue weighted by atomic mass is 16.6. The standard InChI is InChI=1S/C17H24N2O2/c1-2-21-17(20)19-12-10-18(11-13-19)16-9-5-7-14-6-3-4-8-15(14)16/h3-4,6,8,16H,2,5,7,9-13H2,1H3. The molecule has 21 heavy (non-hydrogen) atoms. The maximum absolute atomic E-state index is 11.8. The maximum Gasteiger partial charge on any atom is 0.409 e. The molecule has 1 amide bonds. The number of carbonyl (C=O) groups excluding carboxylic acids is 1. The third kappa shape index (κ3) is 3.05. The van der Waals surface area contributed by atoms with Gasteiger partial charge in [0.15, 0.2) is 0 Å². The largest absolute Gasteiger partial charge is 0.450 e. The Kier molecular flexibility index (Phi) is 4.44. The molecule has 1 saturated heterocycles. The normalized spacial score (nSPS) is 22.7. The number of hydrogen-bond donors (Lipinski definition) is 0. The van der Waals surface area contributed by atoms with E-state index in [0.717, 1.165) is 26.2 Å². The van der Waals surface area contributed by atoms with Crippen LogP contribution in [0.5, 0.6) is 0 Å². The number of ether oxygens (including phenoxy) is 1. The summed E-state index contributed by atoms with van der Waals surface area (Å²) >= 11 is 0. The van der Waals surface area contributed by atoms with E-state index >= 15 is 0 Å². The molecule has 0 bridgehead atoms. The van der Waals surface area contributed by atoms with Crippen LogP contribution in [0.25, 0.3) is 0 Å². The van der Waals surface area contributed by atoms with Crippen LogP contribution in [0, 0.1) is 0 Å². The second kappa shape index (κ2) is 6.48. The van der Waals surface area contributed by atoms with E-state index in [1.807, 2.05) is 11.8 Å². The van der Waals surface area contributed by atoms with Crippen LogP contribution in [-0.4, -0.2) is 48.7 Å². The first-order valence-electron chi connectivity index (χ1n) is 8.03. The van der Waals surface area contributed by atoms with Crippen molar-refractivity contribution in [1.29, 1.82) is 0 Å². The van der Waals surface area contributed by atoms with Crippen LogP contribution in [0.15, 0.2) is 24.3 Å².